The van der Waals surface area contributed by atoms with Crippen molar-refractivity contribution in [3.8, 4) is 0 Å². The smallest absolute Gasteiger partial charge is 0.220 e. The summed E-state index contributed by atoms with van der Waals surface area (Å²) >= 11 is 0. The van der Waals surface area contributed by atoms with Crippen molar-refractivity contribution in [3.05, 3.63) is 0 Å². The molecule has 0 aromatic heterocycles. The first-order valence-electron chi connectivity index (χ1n) is 8.17. The van der Waals surface area contributed by atoms with Crippen LogP contribution in [0.3, 0.4) is 0 Å². The lowest BCUT2D eigenvalue weighted by Gasteiger charge is -2.65. The second kappa shape index (κ2) is 4.46. The van der Waals surface area contributed by atoms with Gasteiger partial charge in [0.1, 0.15) is 0 Å². The quantitative estimate of drug-likeness (QED) is 0.831. The van der Waals surface area contributed by atoms with Crippen LogP contribution in [0.2, 0.25) is 0 Å². The number of amides is 1. The van der Waals surface area contributed by atoms with E-state index in [4.69, 9.17) is 0 Å². The van der Waals surface area contributed by atoms with E-state index in [1.807, 2.05) is 0 Å². The highest BCUT2D eigenvalue weighted by molar-refractivity contribution is 5.76. The van der Waals surface area contributed by atoms with Gasteiger partial charge in [-0.05, 0) is 67.6 Å². The van der Waals surface area contributed by atoms with Crippen LogP contribution >= 0.6 is 0 Å². The summed E-state index contributed by atoms with van der Waals surface area (Å²) in [6.07, 6.45) is 8.03. The van der Waals surface area contributed by atoms with Crippen LogP contribution in [0.5, 0.6) is 0 Å². The van der Waals surface area contributed by atoms with Gasteiger partial charge in [0.05, 0.1) is 6.10 Å². The lowest BCUT2D eigenvalue weighted by Crippen LogP contribution is -2.56. The van der Waals surface area contributed by atoms with E-state index in [9.17, 15) is 9.90 Å². The Bertz CT molecular complexity index is 399. The number of carbonyl (C=O) groups is 1. The third-order valence-electron chi connectivity index (χ3n) is 5.87. The van der Waals surface area contributed by atoms with Crippen molar-refractivity contribution in [2.24, 2.45) is 22.2 Å². The summed E-state index contributed by atoms with van der Waals surface area (Å²) in [6, 6.07) is 0. The van der Waals surface area contributed by atoms with E-state index in [2.05, 4.69) is 19.2 Å². The molecule has 0 radical (unpaired) electrons. The maximum atomic E-state index is 12.2. The maximum Gasteiger partial charge on any atom is 0.220 e. The Balaban J connectivity index is 1.71. The van der Waals surface area contributed by atoms with E-state index >= 15 is 0 Å². The SMILES string of the molecule is C[C@H](O)CNC(=O)CC12CC3CC(C)(CC(C)(C3)C1)C2. The van der Waals surface area contributed by atoms with Gasteiger partial charge in [-0.25, -0.2) is 0 Å². The summed E-state index contributed by atoms with van der Waals surface area (Å²) in [4.78, 5) is 12.2. The Morgan fingerprint density at radius 3 is 2.30 bits per heavy atom. The third-order valence-corrected chi connectivity index (χ3v) is 5.87. The van der Waals surface area contributed by atoms with Gasteiger partial charge < -0.3 is 10.4 Å². The number of nitrogens with one attached hydrogen (secondary N) is 1. The molecule has 2 N–H and O–H groups in total. The first kappa shape index (κ1) is 14.4. The van der Waals surface area contributed by atoms with E-state index in [-0.39, 0.29) is 11.3 Å². The second-order valence-corrected chi connectivity index (χ2v) is 8.96. The van der Waals surface area contributed by atoms with Gasteiger partial charge in [-0.15, -0.1) is 0 Å². The molecule has 4 bridgehead atoms. The summed E-state index contributed by atoms with van der Waals surface area (Å²) in [7, 11) is 0. The van der Waals surface area contributed by atoms with Gasteiger partial charge >= 0.3 is 0 Å². The Kier molecular flexibility index (Phi) is 3.20. The summed E-state index contributed by atoms with van der Waals surface area (Å²) in [5.74, 6) is 0.978. The van der Waals surface area contributed by atoms with Crippen molar-refractivity contribution >= 4 is 5.91 Å². The molecule has 4 aliphatic rings. The highest BCUT2D eigenvalue weighted by Gasteiger charge is 2.60. The molecule has 3 atom stereocenters. The standard InChI is InChI=1S/C17H29NO2/c1-12(19)8-18-14(20)7-17-6-13-4-15(2,10-17)9-16(3,5-13)11-17/h12-13,19H,4-11H2,1-3H3,(H,18,20)/t12-,13?,15?,16?,17?/m0/s1. The van der Waals surface area contributed by atoms with Gasteiger partial charge in [0.25, 0.3) is 0 Å². The van der Waals surface area contributed by atoms with Crippen LogP contribution in [0.15, 0.2) is 0 Å². The fraction of sp³-hybridized carbons (Fsp3) is 0.941. The van der Waals surface area contributed by atoms with Gasteiger partial charge in [0.15, 0.2) is 0 Å². The average molecular weight is 279 g/mol. The fourth-order valence-corrected chi connectivity index (χ4v) is 6.55. The molecule has 4 saturated carbocycles. The zero-order valence-corrected chi connectivity index (χ0v) is 13.2. The number of hydrogen-bond donors (Lipinski definition) is 2. The minimum Gasteiger partial charge on any atom is -0.392 e. The molecule has 114 valence electrons. The lowest BCUT2D eigenvalue weighted by molar-refractivity contribution is -0.156. The minimum absolute atomic E-state index is 0.139. The van der Waals surface area contributed by atoms with Gasteiger partial charge in [0, 0.05) is 13.0 Å². The van der Waals surface area contributed by atoms with Crippen LogP contribution in [0.1, 0.15) is 65.7 Å². The predicted octanol–water partition coefficient (Wildman–Crippen LogP) is 2.87. The Morgan fingerprint density at radius 1 is 1.20 bits per heavy atom. The molecule has 0 spiro atoms. The Labute approximate surface area is 122 Å². The minimum atomic E-state index is -0.453. The normalized spacial score (nSPS) is 47.3. The predicted molar refractivity (Wildman–Crippen MR) is 79.1 cm³/mol. The molecule has 0 saturated heterocycles. The zero-order chi connectivity index (χ0) is 14.6. The van der Waals surface area contributed by atoms with Gasteiger partial charge in [-0.1, -0.05) is 13.8 Å². The molecule has 0 aromatic carbocycles. The molecule has 2 unspecified atom stereocenters. The van der Waals surface area contributed by atoms with Crippen molar-refractivity contribution < 1.29 is 9.90 Å². The topological polar surface area (TPSA) is 49.3 Å². The zero-order valence-electron chi connectivity index (χ0n) is 13.2. The Morgan fingerprint density at radius 2 is 1.80 bits per heavy atom. The van der Waals surface area contributed by atoms with E-state index in [0.717, 1.165) is 5.92 Å². The monoisotopic (exact) mass is 279 g/mol. The van der Waals surface area contributed by atoms with Gasteiger partial charge in [0.2, 0.25) is 5.91 Å². The highest BCUT2D eigenvalue weighted by atomic mass is 16.3. The number of aliphatic hydroxyl groups is 1. The molecule has 1 amide bonds. The molecule has 0 heterocycles. The van der Waals surface area contributed by atoms with Gasteiger partial charge in [-0.2, -0.15) is 0 Å². The second-order valence-electron chi connectivity index (χ2n) is 8.96. The van der Waals surface area contributed by atoms with Crippen molar-refractivity contribution in [3.63, 3.8) is 0 Å². The molecular formula is C17H29NO2. The summed E-state index contributed by atoms with van der Waals surface area (Å²) < 4.78 is 0. The van der Waals surface area contributed by atoms with Crippen molar-refractivity contribution in [2.45, 2.75) is 71.8 Å². The maximum absolute atomic E-state index is 12.2. The highest BCUT2D eigenvalue weighted by Crippen LogP contribution is 2.70. The number of carbonyl (C=O) groups excluding carboxylic acids is 1. The lowest BCUT2D eigenvalue weighted by atomic mass is 9.40. The van der Waals surface area contributed by atoms with E-state index in [1.54, 1.807) is 6.92 Å². The van der Waals surface area contributed by atoms with E-state index < -0.39 is 6.10 Å². The first-order chi connectivity index (χ1) is 9.22. The summed E-state index contributed by atoms with van der Waals surface area (Å²) in [5.41, 5.74) is 1.18. The van der Waals surface area contributed by atoms with Crippen molar-refractivity contribution in [1.29, 1.82) is 0 Å². The van der Waals surface area contributed by atoms with Crippen LogP contribution in [-0.4, -0.2) is 23.7 Å². The van der Waals surface area contributed by atoms with Gasteiger partial charge in [-0.3, -0.25) is 4.79 Å². The van der Waals surface area contributed by atoms with Crippen molar-refractivity contribution in [2.75, 3.05) is 6.54 Å². The molecule has 4 fully saturated rings. The fourth-order valence-electron chi connectivity index (χ4n) is 6.55. The van der Waals surface area contributed by atoms with E-state index in [1.165, 1.54) is 38.5 Å². The number of aliphatic hydroxyl groups excluding tert-OH is 1. The van der Waals surface area contributed by atoms with Crippen LogP contribution in [-0.2, 0) is 4.79 Å². The molecular weight excluding hydrogens is 250 g/mol. The molecule has 4 aliphatic carbocycles. The molecule has 20 heavy (non-hydrogen) atoms. The molecule has 3 nitrogen and oxygen atoms in total. The number of rotatable bonds is 4. The molecule has 3 heteroatoms. The number of hydrogen-bond acceptors (Lipinski definition) is 2. The summed E-state index contributed by atoms with van der Waals surface area (Å²) in [5, 5.41) is 12.2. The van der Waals surface area contributed by atoms with Crippen LogP contribution in [0, 0.1) is 22.2 Å². The third kappa shape index (κ3) is 2.61. The average Bonchev–Trinajstić information content (AvgIpc) is 2.20. The van der Waals surface area contributed by atoms with Crippen LogP contribution in [0.25, 0.3) is 0 Å². The van der Waals surface area contributed by atoms with E-state index in [0.29, 0.717) is 23.8 Å². The van der Waals surface area contributed by atoms with Crippen molar-refractivity contribution in [1.82, 2.24) is 5.32 Å². The molecule has 4 rings (SSSR count). The summed E-state index contributed by atoms with van der Waals surface area (Å²) in [6.45, 7) is 6.98. The molecule has 0 aromatic rings. The van der Waals surface area contributed by atoms with Crippen LogP contribution in [0.4, 0.5) is 0 Å². The first-order valence-corrected chi connectivity index (χ1v) is 8.17. The Hall–Kier alpha value is -0.570. The largest absolute Gasteiger partial charge is 0.392 e. The van der Waals surface area contributed by atoms with Crippen LogP contribution < -0.4 is 5.32 Å². The molecule has 0 aliphatic heterocycles.